The maximum absolute atomic E-state index is 3.57. The van der Waals surface area contributed by atoms with E-state index in [1.807, 2.05) is 0 Å². The van der Waals surface area contributed by atoms with Crippen molar-refractivity contribution in [3.8, 4) is 0 Å². The van der Waals surface area contributed by atoms with E-state index in [-0.39, 0.29) is 0 Å². The molecular formula is C17H23NS. The Morgan fingerprint density at radius 3 is 2.84 bits per heavy atom. The van der Waals surface area contributed by atoms with Crippen LogP contribution in [-0.4, -0.2) is 13.1 Å². The Labute approximate surface area is 120 Å². The van der Waals surface area contributed by atoms with Crippen molar-refractivity contribution < 1.29 is 0 Å². The average molecular weight is 273 g/mol. The van der Waals surface area contributed by atoms with Gasteiger partial charge in [0, 0.05) is 12.5 Å². The molecule has 1 aromatic heterocycles. The first-order chi connectivity index (χ1) is 9.29. The topological polar surface area (TPSA) is 12.0 Å². The lowest BCUT2D eigenvalue weighted by Crippen LogP contribution is -2.23. The lowest BCUT2D eigenvalue weighted by atomic mass is 9.92. The molecule has 1 atom stereocenters. The van der Waals surface area contributed by atoms with E-state index in [2.05, 4.69) is 60.3 Å². The quantitative estimate of drug-likeness (QED) is 0.738. The second kappa shape index (κ2) is 7.46. The molecule has 2 rings (SSSR count). The SMILES string of the molecule is CCCNCC(Cc1ccsc1)c1cccc(C)c1. The molecule has 0 aliphatic heterocycles. The molecule has 2 heteroatoms. The third-order valence-electron chi connectivity index (χ3n) is 3.39. The van der Waals surface area contributed by atoms with Gasteiger partial charge in [-0.15, -0.1) is 0 Å². The summed E-state index contributed by atoms with van der Waals surface area (Å²) in [5, 5.41) is 8.00. The summed E-state index contributed by atoms with van der Waals surface area (Å²) in [6.07, 6.45) is 2.32. The largest absolute Gasteiger partial charge is 0.316 e. The predicted molar refractivity (Wildman–Crippen MR) is 85.1 cm³/mol. The average Bonchev–Trinajstić information content (AvgIpc) is 2.91. The first kappa shape index (κ1) is 14.3. The van der Waals surface area contributed by atoms with E-state index in [9.17, 15) is 0 Å². The van der Waals surface area contributed by atoms with Gasteiger partial charge in [0.15, 0.2) is 0 Å². The van der Waals surface area contributed by atoms with Crippen LogP contribution in [0.2, 0.25) is 0 Å². The van der Waals surface area contributed by atoms with Crippen molar-refractivity contribution in [3.05, 3.63) is 57.8 Å². The molecule has 0 aliphatic rings. The molecule has 1 N–H and O–H groups in total. The van der Waals surface area contributed by atoms with Gasteiger partial charge in [0.05, 0.1) is 0 Å². The van der Waals surface area contributed by atoms with Crippen molar-refractivity contribution in [2.75, 3.05) is 13.1 Å². The Morgan fingerprint density at radius 2 is 2.16 bits per heavy atom. The summed E-state index contributed by atoms with van der Waals surface area (Å²) in [5.74, 6) is 0.570. The number of hydrogen-bond donors (Lipinski definition) is 1. The number of hydrogen-bond acceptors (Lipinski definition) is 2. The summed E-state index contributed by atoms with van der Waals surface area (Å²) >= 11 is 1.79. The normalized spacial score (nSPS) is 12.5. The molecule has 0 aliphatic carbocycles. The lowest BCUT2D eigenvalue weighted by Gasteiger charge is -2.18. The molecule has 0 radical (unpaired) electrons. The Morgan fingerprint density at radius 1 is 1.26 bits per heavy atom. The van der Waals surface area contributed by atoms with E-state index in [0.717, 1.165) is 19.5 Å². The standard InChI is InChI=1S/C17H23NS/c1-3-8-18-12-17(11-15-7-9-19-13-15)16-6-4-5-14(2)10-16/h4-7,9-10,13,17-18H,3,8,11-12H2,1-2H3. The molecule has 102 valence electrons. The van der Waals surface area contributed by atoms with Crippen LogP contribution in [0, 0.1) is 6.92 Å². The monoisotopic (exact) mass is 273 g/mol. The Balaban J connectivity index is 2.08. The van der Waals surface area contributed by atoms with E-state index in [0.29, 0.717) is 5.92 Å². The zero-order chi connectivity index (χ0) is 13.5. The molecule has 0 saturated carbocycles. The van der Waals surface area contributed by atoms with Gasteiger partial charge >= 0.3 is 0 Å². The van der Waals surface area contributed by atoms with Crippen molar-refractivity contribution in [1.29, 1.82) is 0 Å². The van der Waals surface area contributed by atoms with Gasteiger partial charge in [-0.3, -0.25) is 0 Å². The summed E-state index contributed by atoms with van der Waals surface area (Å²) in [5.41, 5.74) is 4.26. The zero-order valence-electron chi connectivity index (χ0n) is 11.9. The van der Waals surface area contributed by atoms with E-state index in [1.54, 1.807) is 11.3 Å². The van der Waals surface area contributed by atoms with Crippen LogP contribution in [0.1, 0.15) is 36.0 Å². The molecule has 1 aromatic carbocycles. The van der Waals surface area contributed by atoms with E-state index >= 15 is 0 Å². The van der Waals surface area contributed by atoms with Gasteiger partial charge in [0.2, 0.25) is 0 Å². The predicted octanol–water partition coefficient (Wildman–Crippen LogP) is 4.38. The Bertz CT molecular complexity index is 476. The fraction of sp³-hybridized carbons (Fsp3) is 0.412. The van der Waals surface area contributed by atoms with Crippen molar-refractivity contribution in [3.63, 3.8) is 0 Å². The van der Waals surface area contributed by atoms with Crippen LogP contribution in [0.4, 0.5) is 0 Å². The summed E-state index contributed by atoms with van der Waals surface area (Å²) in [7, 11) is 0. The molecule has 2 aromatic rings. The van der Waals surface area contributed by atoms with Gasteiger partial charge < -0.3 is 5.32 Å². The number of aryl methyl sites for hydroxylation is 1. The summed E-state index contributed by atoms with van der Waals surface area (Å²) in [4.78, 5) is 0. The third kappa shape index (κ3) is 4.48. The van der Waals surface area contributed by atoms with Gasteiger partial charge in [-0.1, -0.05) is 36.8 Å². The lowest BCUT2D eigenvalue weighted by molar-refractivity contribution is 0.577. The van der Waals surface area contributed by atoms with Crippen LogP contribution in [0.3, 0.4) is 0 Å². The first-order valence-corrected chi connectivity index (χ1v) is 8.02. The van der Waals surface area contributed by atoms with Crippen molar-refractivity contribution in [1.82, 2.24) is 5.32 Å². The second-order valence-electron chi connectivity index (χ2n) is 5.15. The molecule has 1 unspecified atom stereocenters. The molecule has 1 heterocycles. The van der Waals surface area contributed by atoms with E-state index < -0.39 is 0 Å². The highest BCUT2D eigenvalue weighted by molar-refractivity contribution is 7.07. The fourth-order valence-electron chi connectivity index (χ4n) is 2.38. The van der Waals surface area contributed by atoms with E-state index in [4.69, 9.17) is 0 Å². The molecule has 1 nitrogen and oxygen atoms in total. The van der Waals surface area contributed by atoms with Crippen molar-refractivity contribution in [2.45, 2.75) is 32.6 Å². The third-order valence-corrected chi connectivity index (χ3v) is 4.13. The number of benzene rings is 1. The zero-order valence-corrected chi connectivity index (χ0v) is 12.7. The minimum Gasteiger partial charge on any atom is -0.316 e. The summed E-state index contributed by atoms with van der Waals surface area (Å²) < 4.78 is 0. The molecule has 0 spiro atoms. The molecular weight excluding hydrogens is 250 g/mol. The minimum atomic E-state index is 0.570. The van der Waals surface area contributed by atoms with Crippen LogP contribution in [0.5, 0.6) is 0 Å². The van der Waals surface area contributed by atoms with Crippen LogP contribution in [0.25, 0.3) is 0 Å². The summed E-state index contributed by atoms with van der Waals surface area (Å²) in [6, 6.07) is 11.2. The van der Waals surface area contributed by atoms with E-state index in [1.165, 1.54) is 23.1 Å². The Hall–Kier alpha value is -1.12. The van der Waals surface area contributed by atoms with Gasteiger partial charge in [-0.25, -0.2) is 0 Å². The van der Waals surface area contributed by atoms with Gasteiger partial charge in [-0.2, -0.15) is 11.3 Å². The van der Waals surface area contributed by atoms with Crippen LogP contribution in [-0.2, 0) is 6.42 Å². The molecule has 0 bridgehead atoms. The van der Waals surface area contributed by atoms with Crippen LogP contribution >= 0.6 is 11.3 Å². The number of thiophene rings is 1. The smallest absolute Gasteiger partial charge is 0.00233 e. The van der Waals surface area contributed by atoms with Crippen molar-refractivity contribution in [2.24, 2.45) is 0 Å². The molecule has 19 heavy (non-hydrogen) atoms. The molecule has 0 fully saturated rings. The molecule has 0 amide bonds. The maximum atomic E-state index is 3.57. The van der Waals surface area contributed by atoms with Gasteiger partial charge in [0.25, 0.3) is 0 Å². The van der Waals surface area contributed by atoms with Crippen molar-refractivity contribution >= 4 is 11.3 Å². The second-order valence-corrected chi connectivity index (χ2v) is 5.93. The molecule has 0 saturated heterocycles. The highest BCUT2D eigenvalue weighted by atomic mass is 32.1. The highest BCUT2D eigenvalue weighted by Crippen LogP contribution is 2.22. The fourth-order valence-corrected chi connectivity index (χ4v) is 3.06. The number of rotatable bonds is 7. The minimum absolute atomic E-state index is 0.570. The van der Waals surface area contributed by atoms with Gasteiger partial charge in [0.1, 0.15) is 0 Å². The van der Waals surface area contributed by atoms with Crippen LogP contribution < -0.4 is 5.32 Å². The highest BCUT2D eigenvalue weighted by Gasteiger charge is 2.12. The first-order valence-electron chi connectivity index (χ1n) is 7.08. The summed E-state index contributed by atoms with van der Waals surface area (Å²) in [6.45, 7) is 6.55. The van der Waals surface area contributed by atoms with Gasteiger partial charge in [-0.05, 0) is 54.3 Å². The van der Waals surface area contributed by atoms with Crippen LogP contribution in [0.15, 0.2) is 41.1 Å². The maximum Gasteiger partial charge on any atom is 0.00233 e. The Kier molecular flexibility index (Phi) is 5.62. The number of nitrogens with one attached hydrogen (secondary N) is 1.